The average Bonchev–Trinajstić information content (AvgIpc) is 2.84. The predicted octanol–water partition coefficient (Wildman–Crippen LogP) is 2.61. The smallest absolute Gasteiger partial charge is 0.139 e. The van der Waals surface area contributed by atoms with Crippen molar-refractivity contribution in [1.82, 2.24) is 9.38 Å². The molecule has 0 aliphatic heterocycles. The number of nitrogens with zero attached hydrogens (tertiary/aromatic N) is 2. The summed E-state index contributed by atoms with van der Waals surface area (Å²) in [5.41, 5.74) is 8.79. The minimum atomic E-state index is -0.323. The van der Waals surface area contributed by atoms with Crippen molar-refractivity contribution in [2.45, 2.75) is 6.54 Å². The second-order valence-corrected chi connectivity index (χ2v) is 4.39. The lowest BCUT2D eigenvalue weighted by Crippen LogP contribution is -2.03. The SMILES string of the molecule is COc1ccccc1-c1nc2ccc(F)cn2c1CN. The number of para-hydroxylation sites is 1. The first-order chi connectivity index (χ1) is 9.74. The van der Waals surface area contributed by atoms with Crippen LogP contribution < -0.4 is 10.5 Å². The number of hydrogen-bond donors (Lipinski definition) is 1. The Balaban J connectivity index is 2.30. The van der Waals surface area contributed by atoms with Crippen LogP contribution in [0.1, 0.15) is 5.69 Å². The molecule has 4 nitrogen and oxygen atoms in total. The molecule has 0 aliphatic carbocycles. The normalized spacial score (nSPS) is 10.9. The molecule has 0 amide bonds. The lowest BCUT2D eigenvalue weighted by Gasteiger charge is -2.07. The standard InChI is InChI=1S/C15H14FN3O/c1-20-13-5-3-2-4-11(13)15-12(8-17)19-9-10(16)6-7-14(19)18-15/h2-7,9H,8,17H2,1H3. The van der Waals surface area contributed by atoms with Gasteiger partial charge in [0, 0.05) is 18.3 Å². The molecule has 2 aromatic heterocycles. The molecule has 0 saturated carbocycles. The Labute approximate surface area is 115 Å². The molecule has 0 aliphatic rings. The lowest BCUT2D eigenvalue weighted by molar-refractivity contribution is 0.416. The molecule has 20 heavy (non-hydrogen) atoms. The molecule has 3 rings (SSSR count). The van der Waals surface area contributed by atoms with Gasteiger partial charge in [-0.3, -0.25) is 4.40 Å². The summed E-state index contributed by atoms with van der Waals surface area (Å²) in [6.45, 7) is 0.262. The van der Waals surface area contributed by atoms with Crippen molar-refractivity contribution in [1.29, 1.82) is 0 Å². The summed E-state index contributed by atoms with van der Waals surface area (Å²) in [5, 5.41) is 0. The van der Waals surface area contributed by atoms with E-state index in [0.29, 0.717) is 11.4 Å². The van der Waals surface area contributed by atoms with Gasteiger partial charge in [-0.1, -0.05) is 12.1 Å². The van der Waals surface area contributed by atoms with Gasteiger partial charge in [-0.05, 0) is 24.3 Å². The van der Waals surface area contributed by atoms with Gasteiger partial charge in [0.15, 0.2) is 0 Å². The van der Waals surface area contributed by atoms with Crippen molar-refractivity contribution in [3.63, 3.8) is 0 Å². The average molecular weight is 271 g/mol. The van der Waals surface area contributed by atoms with Crippen LogP contribution in [0, 0.1) is 5.82 Å². The van der Waals surface area contributed by atoms with Crippen molar-refractivity contribution in [2.24, 2.45) is 5.73 Å². The largest absolute Gasteiger partial charge is 0.496 e. The van der Waals surface area contributed by atoms with Gasteiger partial charge < -0.3 is 10.5 Å². The van der Waals surface area contributed by atoms with Crippen molar-refractivity contribution in [3.8, 4) is 17.0 Å². The van der Waals surface area contributed by atoms with Crippen molar-refractivity contribution < 1.29 is 9.13 Å². The number of rotatable bonds is 3. The zero-order valence-electron chi connectivity index (χ0n) is 11.0. The fourth-order valence-corrected chi connectivity index (χ4v) is 2.32. The number of ether oxygens (including phenoxy) is 1. The molecular formula is C15H14FN3O. The molecule has 2 N–H and O–H groups in total. The van der Waals surface area contributed by atoms with Crippen LogP contribution in [-0.2, 0) is 6.54 Å². The van der Waals surface area contributed by atoms with Crippen molar-refractivity contribution >= 4 is 5.65 Å². The number of fused-ring (bicyclic) bond motifs is 1. The summed E-state index contributed by atoms with van der Waals surface area (Å²) in [4.78, 5) is 4.54. The minimum Gasteiger partial charge on any atom is -0.496 e. The first kappa shape index (κ1) is 12.6. The van der Waals surface area contributed by atoms with E-state index in [2.05, 4.69) is 4.98 Å². The molecule has 102 valence electrons. The highest BCUT2D eigenvalue weighted by Gasteiger charge is 2.16. The Morgan fingerprint density at radius 2 is 2.05 bits per heavy atom. The molecule has 0 saturated heterocycles. The quantitative estimate of drug-likeness (QED) is 0.796. The molecule has 1 aromatic carbocycles. The van der Waals surface area contributed by atoms with Gasteiger partial charge in [0.1, 0.15) is 17.2 Å². The zero-order chi connectivity index (χ0) is 14.1. The topological polar surface area (TPSA) is 52.5 Å². The first-order valence-electron chi connectivity index (χ1n) is 6.24. The van der Waals surface area contributed by atoms with E-state index in [1.165, 1.54) is 12.3 Å². The van der Waals surface area contributed by atoms with Crippen molar-refractivity contribution in [3.05, 3.63) is 54.1 Å². The fourth-order valence-electron chi connectivity index (χ4n) is 2.32. The van der Waals surface area contributed by atoms with Gasteiger partial charge in [-0.15, -0.1) is 0 Å². The highest BCUT2D eigenvalue weighted by molar-refractivity contribution is 5.72. The molecule has 0 atom stereocenters. The fraction of sp³-hybridized carbons (Fsp3) is 0.133. The Hall–Kier alpha value is -2.40. The number of halogens is 1. The van der Waals surface area contributed by atoms with Crippen LogP contribution in [0.15, 0.2) is 42.6 Å². The van der Waals surface area contributed by atoms with Crippen molar-refractivity contribution in [2.75, 3.05) is 7.11 Å². The maximum atomic E-state index is 13.4. The monoisotopic (exact) mass is 271 g/mol. The van der Waals surface area contributed by atoms with Gasteiger partial charge in [0.25, 0.3) is 0 Å². The van der Waals surface area contributed by atoms with E-state index in [-0.39, 0.29) is 12.4 Å². The summed E-state index contributed by atoms with van der Waals surface area (Å²) in [7, 11) is 1.61. The molecular weight excluding hydrogens is 257 g/mol. The number of benzene rings is 1. The number of imidazole rings is 1. The minimum absolute atomic E-state index is 0.262. The molecule has 2 heterocycles. The molecule has 0 spiro atoms. The van der Waals surface area contributed by atoms with E-state index in [0.717, 1.165) is 17.0 Å². The number of hydrogen-bond acceptors (Lipinski definition) is 3. The molecule has 0 bridgehead atoms. The van der Waals surface area contributed by atoms with Crippen LogP contribution in [0.3, 0.4) is 0 Å². The van der Waals surface area contributed by atoms with E-state index >= 15 is 0 Å². The first-order valence-corrected chi connectivity index (χ1v) is 6.24. The maximum Gasteiger partial charge on any atom is 0.139 e. The van der Waals surface area contributed by atoms with Crippen LogP contribution in [0.4, 0.5) is 4.39 Å². The third-order valence-corrected chi connectivity index (χ3v) is 3.24. The van der Waals surface area contributed by atoms with Gasteiger partial charge >= 0.3 is 0 Å². The zero-order valence-corrected chi connectivity index (χ0v) is 11.0. The van der Waals surface area contributed by atoms with Crippen LogP contribution in [-0.4, -0.2) is 16.5 Å². The number of methoxy groups -OCH3 is 1. The van der Waals surface area contributed by atoms with E-state index in [1.807, 2.05) is 24.3 Å². The Bertz CT molecular complexity index is 767. The van der Waals surface area contributed by atoms with E-state index in [9.17, 15) is 4.39 Å². The maximum absolute atomic E-state index is 13.4. The third-order valence-electron chi connectivity index (χ3n) is 3.24. The van der Waals surface area contributed by atoms with Gasteiger partial charge in [-0.2, -0.15) is 0 Å². The van der Waals surface area contributed by atoms with Gasteiger partial charge in [0.2, 0.25) is 0 Å². The van der Waals surface area contributed by atoms with Crippen LogP contribution in [0.5, 0.6) is 5.75 Å². The van der Waals surface area contributed by atoms with Gasteiger partial charge in [-0.25, -0.2) is 9.37 Å². The van der Waals surface area contributed by atoms with Crippen LogP contribution in [0.2, 0.25) is 0 Å². The summed E-state index contributed by atoms with van der Waals surface area (Å²) in [6.07, 6.45) is 1.39. The number of pyridine rings is 1. The summed E-state index contributed by atoms with van der Waals surface area (Å²) in [6, 6.07) is 10.6. The summed E-state index contributed by atoms with van der Waals surface area (Å²) in [5.74, 6) is 0.391. The van der Waals surface area contributed by atoms with E-state index in [4.69, 9.17) is 10.5 Å². The molecule has 0 unspecified atom stereocenters. The lowest BCUT2D eigenvalue weighted by atomic mass is 10.1. The van der Waals surface area contributed by atoms with E-state index < -0.39 is 0 Å². The Morgan fingerprint density at radius 1 is 1.25 bits per heavy atom. The summed E-state index contributed by atoms with van der Waals surface area (Å²) >= 11 is 0. The van der Waals surface area contributed by atoms with E-state index in [1.54, 1.807) is 17.6 Å². The van der Waals surface area contributed by atoms with Crippen LogP contribution in [0.25, 0.3) is 16.9 Å². The van der Waals surface area contributed by atoms with Gasteiger partial charge in [0.05, 0.1) is 18.5 Å². The summed E-state index contributed by atoms with van der Waals surface area (Å²) < 4.78 is 20.4. The highest BCUT2D eigenvalue weighted by Crippen LogP contribution is 2.32. The second-order valence-electron chi connectivity index (χ2n) is 4.39. The second kappa shape index (κ2) is 4.94. The molecule has 3 aromatic rings. The Kier molecular flexibility index (Phi) is 3.12. The molecule has 5 heteroatoms. The number of nitrogens with two attached hydrogens (primary N) is 1. The molecule has 0 radical (unpaired) electrons. The number of aromatic nitrogens is 2. The third kappa shape index (κ3) is 1.92. The van der Waals surface area contributed by atoms with Crippen LogP contribution >= 0.6 is 0 Å². The predicted molar refractivity (Wildman–Crippen MR) is 75.0 cm³/mol. The highest BCUT2D eigenvalue weighted by atomic mass is 19.1. The molecule has 0 fully saturated rings. The Morgan fingerprint density at radius 3 is 2.80 bits per heavy atom.